The standard InChI is InChI=1S/C24H41NO2/c1-23-12-10-18(27-15-5-14-25(3)4)16-17(23)6-7-19-20-8-9-22(26)24(20,2)13-11-21(19)23/h16,18-22,26H,5-15H2,1-4H3/t18-,19?,20?,21?,22+,23+,24+/m1/s1. The van der Waals surface area contributed by atoms with Crippen molar-refractivity contribution in [1.29, 1.82) is 0 Å². The number of allylic oxidation sites excluding steroid dienone is 1. The molecule has 3 fully saturated rings. The van der Waals surface area contributed by atoms with Gasteiger partial charge in [0.1, 0.15) is 0 Å². The van der Waals surface area contributed by atoms with Crippen molar-refractivity contribution in [3.63, 3.8) is 0 Å². The SMILES string of the molecule is CN(C)CCCO[C@H]1C=C2CCC3C(CC[C@@]4(C)C3CC[C@@H]4O)[C@@]2(C)CC1. The van der Waals surface area contributed by atoms with Crippen LogP contribution in [0.1, 0.15) is 71.6 Å². The summed E-state index contributed by atoms with van der Waals surface area (Å²) in [5.74, 6) is 2.42. The second kappa shape index (κ2) is 7.46. The highest BCUT2D eigenvalue weighted by Crippen LogP contribution is 2.65. The highest BCUT2D eigenvalue weighted by Gasteiger charge is 2.58. The summed E-state index contributed by atoms with van der Waals surface area (Å²) in [6.45, 7) is 6.94. The number of fused-ring (bicyclic) bond motifs is 5. The van der Waals surface area contributed by atoms with Crippen LogP contribution in [0, 0.1) is 28.6 Å². The lowest BCUT2D eigenvalue weighted by atomic mass is 9.47. The van der Waals surface area contributed by atoms with Crippen molar-refractivity contribution in [3.05, 3.63) is 11.6 Å². The van der Waals surface area contributed by atoms with Crippen molar-refractivity contribution < 1.29 is 9.84 Å². The van der Waals surface area contributed by atoms with Gasteiger partial charge >= 0.3 is 0 Å². The monoisotopic (exact) mass is 375 g/mol. The Labute approximate surface area is 166 Å². The summed E-state index contributed by atoms with van der Waals surface area (Å²) in [6, 6.07) is 0. The van der Waals surface area contributed by atoms with E-state index in [1.54, 1.807) is 5.57 Å². The number of hydrogen-bond acceptors (Lipinski definition) is 3. The molecule has 1 N–H and O–H groups in total. The largest absolute Gasteiger partial charge is 0.393 e. The molecule has 3 saturated carbocycles. The summed E-state index contributed by atoms with van der Waals surface area (Å²) in [5.41, 5.74) is 2.29. The van der Waals surface area contributed by atoms with E-state index in [4.69, 9.17) is 4.74 Å². The molecular formula is C24H41NO2. The smallest absolute Gasteiger partial charge is 0.0758 e. The van der Waals surface area contributed by atoms with Gasteiger partial charge in [0.15, 0.2) is 0 Å². The predicted octanol–water partition coefficient (Wildman–Crippen LogP) is 4.65. The van der Waals surface area contributed by atoms with Crippen molar-refractivity contribution in [3.8, 4) is 0 Å². The van der Waals surface area contributed by atoms with Crippen molar-refractivity contribution in [2.75, 3.05) is 27.2 Å². The lowest BCUT2D eigenvalue weighted by molar-refractivity contribution is -0.0780. The minimum absolute atomic E-state index is 0.0560. The first kappa shape index (κ1) is 19.9. The fourth-order valence-electron chi connectivity index (χ4n) is 7.42. The lowest BCUT2D eigenvalue weighted by Crippen LogP contribution is -2.51. The molecule has 0 spiro atoms. The zero-order valence-corrected chi connectivity index (χ0v) is 18.0. The average Bonchev–Trinajstić information content (AvgIpc) is 2.94. The van der Waals surface area contributed by atoms with Gasteiger partial charge in [-0.25, -0.2) is 0 Å². The summed E-state index contributed by atoms with van der Waals surface area (Å²) in [7, 11) is 4.26. The topological polar surface area (TPSA) is 32.7 Å². The van der Waals surface area contributed by atoms with Crippen LogP contribution < -0.4 is 0 Å². The average molecular weight is 376 g/mol. The number of rotatable bonds is 5. The molecule has 0 aromatic rings. The molecular weight excluding hydrogens is 334 g/mol. The Kier molecular flexibility index (Phi) is 5.50. The predicted molar refractivity (Wildman–Crippen MR) is 111 cm³/mol. The number of ether oxygens (including phenoxy) is 1. The first-order valence-corrected chi connectivity index (χ1v) is 11.5. The fraction of sp³-hybridized carbons (Fsp3) is 0.917. The first-order valence-electron chi connectivity index (χ1n) is 11.5. The lowest BCUT2D eigenvalue weighted by Gasteiger charge is -2.58. The van der Waals surface area contributed by atoms with Gasteiger partial charge in [0.25, 0.3) is 0 Å². The Bertz CT molecular complexity index is 573. The molecule has 0 saturated heterocycles. The molecule has 0 heterocycles. The minimum atomic E-state index is -0.0560. The number of aliphatic hydroxyl groups excluding tert-OH is 1. The summed E-state index contributed by atoms with van der Waals surface area (Å²) in [5, 5.41) is 10.6. The van der Waals surface area contributed by atoms with Crippen LogP contribution in [-0.2, 0) is 4.74 Å². The molecule has 4 aliphatic carbocycles. The summed E-state index contributed by atoms with van der Waals surface area (Å²) >= 11 is 0. The fourth-order valence-corrected chi connectivity index (χ4v) is 7.42. The normalized spacial score (nSPS) is 46.6. The first-order chi connectivity index (χ1) is 12.8. The highest BCUT2D eigenvalue weighted by molar-refractivity contribution is 5.25. The van der Waals surface area contributed by atoms with Gasteiger partial charge < -0.3 is 14.7 Å². The molecule has 0 radical (unpaired) electrons. The van der Waals surface area contributed by atoms with Gasteiger partial charge in [-0.15, -0.1) is 0 Å². The zero-order chi connectivity index (χ0) is 19.2. The number of aliphatic hydroxyl groups is 1. The molecule has 3 unspecified atom stereocenters. The van der Waals surface area contributed by atoms with Gasteiger partial charge in [-0.3, -0.25) is 0 Å². The van der Waals surface area contributed by atoms with Gasteiger partial charge in [0.2, 0.25) is 0 Å². The molecule has 4 rings (SSSR count). The van der Waals surface area contributed by atoms with Crippen LogP contribution in [0.2, 0.25) is 0 Å². The Morgan fingerprint density at radius 3 is 2.67 bits per heavy atom. The second-order valence-electron chi connectivity index (χ2n) is 10.8. The third-order valence-corrected chi connectivity index (χ3v) is 9.10. The van der Waals surface area contributed by atoms with E-state index in [1.165, 1.54) is 44.9 Å². The maximum Gasteiger partial charge on any atom is 0.0758 e. The van der Waals surface area contributed by atoms with E-state index in [2.05, 4.69) is 38.9 Å². The number of hydrogen-bond donors (Lipinski definition) is 1. The zero-order valence-electron chi connectivity index (χ0n) is 18.0. The Morgan fingerprint density at radius 1 is 1.07 bits per heavy atom. The van der Waals surface area contributed by atoms with E-state index in [0.29, 0.717) is 11.5 Å². The van der Waals surface area contributed by atoms with Crippen molar-refractivity contribution >= 4 is 0 Å². The quantitative estimate of drug-likeness (QED) is 0.561. The summed E-state index contributed by atoms with van der Waals surface area (Å²) in [4.78, 5) is 2.23. The third-order valence-electron chi connectivity index (χ3n) is 9.10. The molecule has 0 amide bonds. The van der Waals surface area contributed by atoms with E-state index >= 15 is 0 Å². The van der Waals surface area contributed by atoms with Gasteiger partial charge in [-0.05, 0) is 107 Å². The van der Waals surface area contributed by atoms with Crippen molar-refractivity contribution in [2.24, 2.45) is 28.6 Å². The van der Waals surface area contributed by atoms with Crippen molar-refractivity contribution in [1.82, 2.24) is 4.90 Å². The summed E-state index contributed by atoms with van der Waals surface area (Å²) in [6.07, 6.45) is 13.9. The molecule has 3 nitrogen and oxygen atoms in total. The van der Waals surface area contributed by atoms with E-state index in [0.717, 1.165) is 43.7 Å². The highest BCUT2D eigenvalue weighted by atomic mass is 16.5. The van der Waals surface area contributed by atoms with Crippen LogP contribution in [0.3, 0.4) is 0 Å². The van der Waals surface area contributed by atoms with E-state index in [-0.39, 0.29) is 11.5 Å². The Morgan fingerprint density at radius 2 is 1.89 bits per heavy atom. The van der Waals surface area contributed by atoms with Crippen LogP contribution >= 0.6 is 0 Å². The maximum absolute atomic E-state index is 10.6. The maximum atomic E-state index is 10.6. The van der Waals surface area contributed by atoms with E-state index in [1.807, 2.05) is 0 Å². The molecule has 0 aliphatic heterocycles. The van der Waals surface area contributed by atoms with Crippen LogP contribution in [-0.4, -0.2) is 49.5 Å². The van der Waals surface area contributed by atoms with E-state index in [9.17, 15) is 5.11 Å². The van der Waals surface area contributed by atoms with Crippen LogP contribution in [0.15, 0.2) is 11.6 Å². The molecule has 4 aliphatic rings. The van der Waals surface area contributed by atoms with Crippen LogP contribution in [0.4, 0.5) is 0 Å². The van der Waals surface area contributed by atoms with Gasteiger partial charge in [0, 0.05) is 6.61 Å². The molecule has 0 aromatic heterocycles. The second-order valence-corrected chi connectivity index (χ2v) is 10.8. The van der Waals surface area contributed by atoms with Crippen LogP contribution in [0.25, 0.3) is 0 Å². The number of nitrogens with zero attached hydrogens (tertiary/aromatic N) is 1. The van der Waals surface area contributed by atoms with Gasteiger partial charge in [0.05, 0.1) is 12.2 Å². The molecule has 154 valence electrons. The molecule has 7 atom stereocenters. The van der Waals surface area contributed by atoms with Crippen molar-refractivity contribution in [2.45, 2.75) is 83.8 Å². The van der Waals surface area contributed by atoms with Gasteiger partial charge in [-0.1, -0.05) is 25.5 Å². The third kappa shape index (κ3) is 3.42. The molecule has 3 heteroatoms. The molecule has 0 bridgehead atoms. The molecule has 0 aromatic carbocycles. The molecule has 27 heavy (non-hydrogen) atoms. The van der Waals surface area contributed by atoms with Gasteiger partial charge in [-0.2, -0.15) is 0 Å². The van der Waals surface area contributed by atoms with Crippen LogP contribution in [0.5, 0.6) is 0 Å². The summed E-state index contributed by atoms with van der Waals surface area (Å²) < 4.78 is 6.23. The Balaban J connectivity index is 1.43. The Hall–Kier alpha value is -0.380. The minimum Gasteiger partial charge on any atom is -0.393 e. The van der Waals surface area contributed by atoms with E-state index < -0.39 is 0 Å².